The maximum absolute atomic E-state index is 13.7. The molecule has 0 saturated carbocycles. The van der Waals surface area contributed by atoms with E-state index in [4.69, 9.17) is 0 Å². The molecule has 3 rings (SSSR count). The minimum atomic E-state index is -3.52. The third kappa shape index (κ3) is 1.81. The fraction of sp³-hybridized carbons (Fsp3) is 0.300. The van der Waals surface area contributed by atoms with Crippen molar-refractivity contribution in [1.29, 1.82) is 0 Å². The summed E-state index contributed by atoms with van der Waals surface area (Å²) in [5, 5.41) is 4.71. The lowest BCUT2D eigenvalue weighted by Crippen LogP contribution is -2.43. The molecule has 1 aromatic rings. The van der Waals surface area contributed by atoms with Crippen LogP contribution in [0.2, 0.25) is 0 Å². The number of hydrogen-bond acceptors (Lipinski definition) is 5. The Labute approximate surface area is 104 Å². The van der Waals surface area contributed by atoms with Crippen LogP contribution in [0.25, 0.3) is 0 Å². The summed E-state index contributed by atoms with van der Waals surface area (Å²) in [6.45, 7) is -0.390. The predicted octanol–water partition coefficient (Wildman–Crippen LogP) is 1.05. The highest BCUT2D eigenvalue weighted by Gasteiger charge is 2.76. The normalized spacial score (nSPS) is 27.5. The summed E-state index contributed by atoms with van der Waals surface area (Å²) in [7, 11) is 0. The van der Waals surface area contributed by atoms with Crippen LogP contribution in [0.1, 0.15) is 5.56 Å². The van der Waals surface area contributed by atoms with Crippen LogP contribution in [0.5, 0.6) is 0 Å². The second-order valence-electron chi connectivity index (χ2n) is 4.17. The van der Waals surface area contributed by atoms with E-state index in [-0.39, 0.29) is 6.54 Å². The van der Waals surface area contributed by atoms with Gasteiger partial charge >= 0.3 is 6.11 Å². The van der Waals surface area contributed by atoms with E-state index in [9.17, 15) is 17.6 Å². The Balaban J connectivity index is 1.95. The molecule has 2 aliphatic heterocycles. The number of hydrogen-bond donors (Lipinski definition) is 2. The molecule has 1 aromatic carbocycles. The zero-order valence-corrected chi connectivity index (χ0v) is 9.33. The van der Waals surface area contributed by atoms with Crippen LogP contribution in [0.15, 0.2) is 23.3 Å². The van der Waals surface area contributed by atoms with Crippen LogP contribution in [0.3, 0.4) is 0 Å². The number of rotatable bonds is 3. The molecule has 2 N–H and O–H groups in total. The van der Waals surface area contributed by atoms with Crippen molar-refractivity contribution in [3.63, 3.8) is 0 Å². The molecule has 0 bridgehead atoms. The minimum Gasteiger partial charge on any atom is -0.295 e. The second-order valence-corrected chi connectivity index (χ2v) is 4.17. The van der Waals surface area contributed by atoms with Crippen molar-refractivity contribution in [2.45, 2.75) is 11.7 Å². The summed E-state index contributed by atoms with van der Waals surface area (Å²) in [6.07, 6.45) is -2.31. The second kappa shape index (κ2) is 3.81. The van der Waals surface area contributed by atoms with Crippen LogP contribution in [0.4, 0.5) is 17.6 Å². The zero-order valence-electron chi connectivity index (χ0n) is 9.33. The average molecular weight is 276 g/mol. The number of nitrogens with zero attached hydrogens (tertiary/aromatic N) is 2. The number of ether oxygens (including phenoxy) is 1. The minimum absolute atomic E-state index is 0.390. The van der Waals surface area contributed by atoms with Gasteiger partial charge in [0.25, 0.3) is 0 Å². The van der Waals surface area contributed by atoms with Crippen molar-refractivity contribution in [3.8, 4) is 0 Å². The van der Waals surface area contributed by atoms with Crippen molar-refractivity contribution in [2.24, 2.45) is 5.10 Å². The van der Waals surface area contributed by atoms with Crippen LogP contribution in [-0.2, 0) is 10.3 Å². The molecule has 0 spiro atoms. The molecule has 0 amide bonds. The average Bonchev–Trinajstić information content (AvgIpc) is 2.71. The van der Waals surface area contributed by atoms with Gasteiger partial charge < -0.3 is 0 Å². The lowest BCUT2D eigenvalue weighted by Gasteiger charge is -2.19. The van der Waals surface area contributed by atoms with E-state index in [1.807, 2.05) is 0 Å². The highest BCUT2D eigenvalue weighted by atomic mass is 19.3. The first-order valence-electron chi connectivity index (χ1n) is 5.29. The van der Waals surface area contributed by atoms with Crippen molar-refractivity contribution in [3.05, 3.63) is 35.4 Å². The largest absolute Gasteiger partial charge is 0.392 e. The molecule has 19 heavy (non-hydrogen) atoms. The number of halogens is 4. The lowest BCUT2D eigenvalue weighted by molar-refractivity contribution is 0.000303. The SMILES string of the molecule is Fc1ccc(C2(CN3C=NNN3)OC2(F)F)c(F)c1. The van der Waals surface area contributed by atoms with Gasteiger partial charge in [0.1, 0.15) is 18.0 Å². The van der Waals surface area contributed by atoms with Crippen molar-refractivity contribution >= 4 is 6.34 Å². The van der Waals surface area contributed by atoms with Crippen LogP contribution in [-0.4, -0.2) is 24.0 Å². The molecule has 1 fully saturated rings. The summed E-state index contributed by atoms with van der Waals surface area (Å²) in [4.78, 5) is 0. The molecule has 0 radical (unpaired) electrons. The fourth-order valence-corrected chi connectivity index (χ4v) is 1.97. The van der Waals surface area contributed by atoms with E-state index in [2.05, 4.69) is 20.9 Å². The van der Waals surface area contributed by atoms with Gasteiger partial charge in [-0.3, -0.25) is 9.75 Å². The van der Waals surface area contributed by atoms with Gasteiger partial charge in [0.05, 0.1) is 6.54 Å². The van der Waals surface area contributed by atoms with E-state index in [0.717, 1.165) is 12.1 Å². The molecule has 5 nitrogen and oxygen atoms in total. The van der Waals surface area contributed by atoms with Gasteiger partial charge in [-0.25, -0.2) is 14.3 Å². The standard InChI is InChI=1S/C10H8F4N4O/c11-6-1-2-7(8(12)3-6)9(10(13,14)19-9)4-18-5-15-16-17-18/h1-3,5,16-17H,4H2. The zero-order chi connectivity index (χ0) is 13.7. The van der Waals surface area contributed by atoms with Crippen molar-refractivity contribution < 1.29 is 22.3 Å². The highest BCUT2D eigenvalue weighted by molar-refractivity contribution is 5.55. The molecule has 0 aromatic heterocycles. The summed E-state index contributed by atoms with van der Waals surface area (Å²) >= 11 is 0. The lowest BCUT2D eigenvalue weighted by atomic mass is 9.97. The molecular weight excluding hydrogens is 268 g/mol. The van der Waals surface area contributed by atoms with E-state index >= 15 is 0 Å². The number of nitrogens with one attached hydrogen (secondary N) is 2. The first kappa shape index (κ1) is 12.2. The van der Waals surface area contributed by atoms with E-state index in [1.165, 1.54) is 11.3 Å². The Kier molecular flexibility index (Phi) is 2.44. The Bertz CT molecular complexity index is 552. The Morgan fingerprint density at radius 1 is 1.32 bits per heavy atom. The molecule has 1 saturated heterocycles. The third-order valence-electron chi connectivity index (χ3n) is 2.95. The van der Waals surface area contributed by atoms with Gasteiger partial charge in [-0.15, -0.1) is 5.53 Å². The summed E-state index contributed by atoms with van der Waals surface area (Å²) in [6, 6.07) is 2.40. The molecule has 9 heteroatoms. The van der Waals surface area contributed by atoms with Gasteiger partial charge in [-0.2, -0.15) is 13.9 Å². The Morgan fingerprint density at radius 2 is 2.05 bits per heavy atom. The topological polar surface area (TPSA) is 52.2 Å². The summed E-state index contributed by atoms with van der Waals surface area (Å²) < 4.78 is 57.8. The summed E-state index contributed by atoms with van der Waals surface area (Å²) in [5.41, 5.74) is 2.20. The molecule has 2 aliphatic rings. The van der Waals surface area contributed by atoms with E-state index < -0.39 is 28.9 Å². The molecule has 0 aliphatic carbocycles. The maximum atomic E-state index is 13.7. The number of hydrazine groups is 2. The van der Waals surface area contributed by atoms with Gasteiger partial charge in [0, 0.05) is 11.6 Å². The van der Waals surface area contributed by atoms with E-state index in [1.54, 1.807) is 0 Å². The molecule has 1 unspecified atom stereocenters. The van der Waals surface area contributed by atoms with Gasteiger partial charge in [-0.05, 0) is 12.1 Å². The van der Waals surface area contributed by atoms with Gasteiger partial charge in [0.15, 0.2) is 0 Å². The molecular formula is C10H8F4N4O. The van der Waals surface area contributed by atoms with Crippen LogP contribution in [0, 0.1) is 11.6 Å². The number of hydrazone groups is 1. The molecule has 2 heterocycles. The quantitative estimate of drug-likeness (QED) is 0.640. The monoisotopic (exact) mass is 276 g/mol. The first-order chi connectivity index (χ1) is 8.95. The number of epoxide rings is 1. The first-order valence-corrected chi connectivity index (χ1v) is 5.29. The maximum Gasteiger partial charge on any atom is 0.392 e. The Morgan fingerprint density at radius 3 is 2.58 bits per heavy atom. The van der Waals surface area contributed by atoms with Gasteiger partial charge in [-0.1, -0.05) is 0 Å². The smallest absolute Gasteiger partial charge is 0.295 e. The highest BCUT2D eigenvalue weighted by Crippen LogP contribution is 2.58. The van der Waals surface area contributed by atoms with Crippen LogP contribution < -0.4 is 11.1 Å². The third-order valence-corrected chi connectivity index (χ3v) is 2.95. The van der Waals surface area contributed by atoms with Crippen molar-refractivity contribution in [2.75, 3.05) is 6.54 Å². The van der Waals surface area contributed by atoms with Crippen LogP contribution >= 0.6 is 0 Å². The molecule has 1 atom stereocenters. The van der Waals surface area contributed by atoms with Crippen molar-refractivity contribution in [1.82, 2.24) is 16.1 Å². The summed E-state index contributed by atoms with van der Waals surface area (Å²) in [5.74, 6) is -1.93. The number of benzene rings is 1. The molecule has 102 valence electrons. The Hall–Kier alpha value is -1.87. The predicted molar refractivity (Wildman–Crippen MR) is 55.5 cm³/mol. The fourth-order valence-electron chi connectivity index (χ4n) is 1.97. The van der Waals surface area contributed by atoms with E-state index in [0.29, 0.717) is 6.07 Å². The van der Waals surface area contributed by atoms with Gasteiger partial charge in [0.2, 0.25) is 5.60 Å². The number of alkyl halides is 2.